The first kappa shape index (κ1) is 17.1. The second-order valence-electron chi connectivity index (χ2n) is 8.54. The smallest absolute Gasteiger partial charge is 0.240 e. The van der Waals surface area contributed by atoms with Crippen LogP contribution in [0.1, 0.15) is 62.5 Å². The lowest BCUT2D eigenvalue weighted by molar-refractivity contribution is -0.133. The number of piperidine rings is 1. The van der Waals surface area contributed by atoms with E-state index in [0.29, 0.717) is 17.9 Å². The van der Waals surface area contributed by atoms with Crippen molar-refractivity contribution in [3.8, 4) is 0 Å². The highest BCUT2D eigenvalue weighted by molar-refractivity contribution is 5.84. The lowest BCUT2D eigenvalue weighted by atomic mass is 9.94. The molecule has 1 unspecified atom stereocenters. The molecular formula is C20H28N6O. The minimum absolute atomic E-state index is 0.0740. The van der Waals surface area contributed by atoms with Crippen LogP contribution in [-0.4, -0.2) is 67.2 Å². The van der Waals surface area contributed by atoms with Gasteiger partial charge in [0, 0.05) is 18.5 Å². The standard InChI is InChI=1S/C20H28N6O/c1-13(2)25-11-8-17(20(25)27)24-9-6-14(7-10-24)19-22-21-18-12-15-4-3-5-16(15)23-26(18)19/h12-14,17H,3-11H2,1-2H3. The van der Waals surface area contributed by atoms with E-state index < -0.39 is 0 Å². The molecule has 4 heterocycles. The normalized spacial score (nSPS) is 24.5. The molecule has 2 aromatic rings. The predicted molar refractivity (Wildman–Crippen MR) is 102 cm³/mol. The molecule has 2 saturated heterocycles. The number of carbonyl (C=O) groups excluding carboxylic acids is 1. The topological polar surface area (TPSA) is 66.6 Å². The van der Waals surface area contributed by atoms with Gasteiger partial charge in [0.1, 0.15) is 0 Å². The van der Waals surface area contributed by atoms with Gasteiger partial charge in [-0.2, -0.15) is 9.61 Å². The third-order valence-corrected chi connectivity index (χ3v) is 6.61. The Morgan fingerprint density at radius 1 is 1.07 bits per heavy atom. The summed E-state index contributed by atoms with van der Waals surface area (Å²) in [4.78, 5) is 17.1. The summed E-state index contributed by atoms with van der Waals surface area (Å²) in [6.45, 7) is 7.00. The maximum absolute atomic E-state index is 12.7. The first-order valence-corrected chi connectivity index (χ1v) is 10.4. The lowest BCUT2D eigenvalue weighted by Gasteiger charge is -2.34. The van der Waals surface area contributed by atoms with Gasteiger partial charge in [-0.05, 0) is 77.1 Å². The molecule has 0 radical (unpaired) electrons. The van der Waals surface area contributed by atoms with E-state index in [2.05, 4.69) is 35.0 Å². The number of hydrogen-bond acceptors (Lipinski definition) is 5. The Hall–Kier alpha value is -2.02. The predicted octanol–water partition coefficient (Wildman–Crippen LogP) is 1.80. The molecule has 0 saturated carbocycles. The summed E-state index contributed by atoms with van der Waals surface area (Å²) in [5.74, 6) is 1.69. The lowest BCUT2D eigenvalue weighted by Crippen LogP contribution is -2.46. The van der Waals surface area contributed by atoms with Crippen molar-refractivity contribution in [1.29, 1.82) is 0 Å². The highest BCUT2D eigenvalue weighted by atomic mass is 16.2. The summed E-state index contributed by atoms with van der Waals surface area (Å²) in [5, 5.41) is 13.7. The number of hydrogen-bond donors (Lipinski definition) is 0. The Morgan fingerprint density at radius 2 is 1.89 bits per heavy atom. The third kappa shape index (κ3) is 2.83. The van der Waals surface area contributed by atoms with Gasteiger partial charge in [-0.1, -0.05) is 0 Å². The number of amides is 1. The van der Waals surface area contributed by atoms with E-state index in [1.807, 2.05) is 9.42 Å². The van der Waals surface area contributed by atoms with Gasteiger partial charge in [0.05, 0.1) is 11.7 Å². The van der Waals surface area contributed by atoms with Crippen molar-refractivity contribution < 1.29 is 4.79 Å². The molecule has 2 aromatic heterocycles. The van der Waals surface area contributed by atoms with Crippen LogP contribution < -0.4 is 0 Å². The summed E-state index contributed by atoms with van der Waals surface area (Å²) >= 11 is 0. The molecule has 5 rings (SSSR count). The van der Waals surface area contributed by atoms with Crippen LogP contribution >= 0.6 is 0 Å². The average molecular weight is 368 g/mol. The van der Waals surface area contributed by atoms with E-state index in [-0.39, 0.29) is 6.04 Å². The number of likely N-dealkylation sites (tertiary alicyclic amines) is 2. The van der Waals surface area contributed by atoms with E-state index in [0.717, 1.165) is 63.2 Å². The molecule has 2 aliphatic heterocycles. The van der Waals surface area contributed by atoms with Crippen LogP contribution in [0.4, 0.5) is 0 Å². The Labute approximate surface area is 159 Å². The molecule has 0 bridgehead atoms. The van der Waals surface area contributed by atoms with Gasteiger partial charge in [-0.3, -0.25) is 9.69 Å². The molecule has 0 N–H and O–H groups in total. The van der Waals surface area contributed by atoms with Gasteiger partial charge in [0.25, 0.3) is 0 Å². The Kier molecular flexibility index (Phi) is 4.15. The first-order chi connectivity index (χ1) is 13.1. The summed E-state index contributed by atoms with van der Waals surface area (Å²) < 4.78 is 1.98. The molecule has 1 atom stereocenters. The fraction of sp³-hybridized carbons (Fsp3) is 0.700. The van der Waals surface area contributed by atoms with Crippen molar-refractivity contribution >= 4 is 11.6 Å². The van der Waals surface area contributed by atoms with Crippen molar-refractivity contribution in [3.05, 3.63) is 23.1 Å². The highest BCUT2D eigenvalue weighted by Gasteiger charge is 2.39. The molecular weight excluding hydrogens is 340 g/mol. The maximum Gasteiger partial charge on any atom is 0.240 e. The van der Waals surface area contributed by atoms with Gasteiger partial charge in [0.2, 0.25) is 5.91 Å². The van der Waals surface area contributed by atoms with E-state index in [1.54, 1.807) is 0 Å². The zero-order valence-electron chi connectivity index (χ0n) is 16.3. The van der Waals surface area contributed by atoms with Crippen LogP contribution in [0.2, 0.25) is 0 Å². The molecule has 144 valence electrons. The van der Waals surface area contributed by atoms with Crippen LogP contribution in [0.3, 0.4) is 0 Å². The quantitative estimate of drug-likeness (QED) is 0.826. The molecule has 3 aliphatic rings. The largest absolute Gasteiger partial charge is 0.339 e. The zero-order chi connectivity index (χ0) is 18.5. The van der Waals surface area contributed by atoms with Crippen molar-refractivity contribution in [2.45, 2.75) is 70.4 Å². The van der Waals surface area contributed by atoms with Crippen LogP contribution in [0.15, 0.2) is 6.07 Å². The van der Waals surface area contributed by atoms with Crippen LogP contribution in [0.25, 0.3) is 5.65 Å². The third-order valence-electron chi connectivity index (χ3n) is 6.61. The molecule has 0 spiro atoms. The SMILES string of the molecule is CC(C)N1CCC(N2CCC(c3nnc4cc5c(nn34)CCC5)CC2)C1=O. The van der Waals surface area contributed by atoms with Crippen LogP contribution in [-0.2, 0) is 17.6 Å². The molecule has 27 heavy (non-hydrogen) atoms. The second-order valence-corrected chi connectivity index (χ2v) is 8.54. The fourth-order valence-corrected chi connectivity index (χ4v) is 5.06. The number of aromatic nitrogens is 4. The molecule has 7 nitrogen and oxygen atoms in total. The number of aryl methyl sites for hydroxylation is 2. The fourth-order valence-electron chi connectivity index (χ4n) is 5.06. The van der Waals surface area contributed by atoms with Gasteiger partial charge in [-0.15, -0.1) is 10.2 Å². The van der Waals surface area contributed by atoms with Gasteiger partial charge < -0.3 is 4.90 Å². The Morgan fingerprint density at radius 3 is 2.63 bits per heavy atom. The maximum atomic E-state index is 12.7. The highest BCUT2D eigenvalue weighted by Crippen LogP contribution is 2.31. The zero-order valence-corrected chi connectivity index (χ0v) is 16.3. The number of nitrogens with zero attached hydrogens (tertiary/aromatic N) is 6. The summed E-state index contributed by atoms with van der Waals surface area (Å²) in [6.07, 6.45) is 6.37. The van der Waals surface area contributed by atoms with Crippen molar-refractivity contribution in [2.75, 3.05) is 19.6 Å². The van der Waals surface area contributed by atoms with Crippen molar-refractivity contribution in [1.82, 2.24) is 29.6 Å². The molecule has 2 fully saturated rings. The molecule has 1 amide bonds. The first-order valence-electron chi connectivity index (χ1n) is 10.4. The van der Waals surface area contributed by atoms with Crippen LogP contribution in [0, 0.1) is 0 Å². The number of rotatable bonds is 3. The minimum atomic E-state index is 0.0740. The van der Waals surface area contributed by atoms with Crippen molar-refractivity contribution in [2.24, 2.45) is 0 Å². The number of carbonyl (C=O) groups is 1. The minimum Gasteiger partial charge on any atom is -0.339 e. The summed E-state index contributed by atoms with van der Waals surface area (Å²) in [6, 6.07) is 2.54. The van der Waals surface area contributed by atoms with Crippen molar-refractivity contribution in [3.63, 3.8) is 0 Å². The number of fused-ring (bicyclic) bond motifs is 2. The molecule has 7 heteroatoms. The van der Waals surface area contributed by atoms with Gasteiger partial charge in [-0.25, -0.2) is 0 Å². The molecule has 0 aromatic carbocycles. The van der Waals surface area contributed by atoms with E-state index >= 15 is 0 Å². The van der Waals surface area contributed by atoms with E-state index in [9.17, 15) is 4.79 Å². The Bertz CT molecular complexity index is 867. The van der Waals surface area contributed by atoms with Gasteiger partial charge in [0.15, 0.2) is 11.5 Å². The summed E-state index contributed by atoms with van der Waals surface area (Å²) in [7, 11) is 0. The van der Waals surface area contributed by atoms with E-state index in [1.165, 1.54) is 17.7 Å². The second kappa shape index (κ2) is 6.55. The average Bonchev–Trinajstić information content (AvgIpc) is 3.37. The Balaban J connectivity index is 1.30. The summed E-state index contributed by atoms with van der Waals surface area (Å²) in [5.41, 5.74) is 3.43. The van der Waals surface area contributed by atoms with Gasteiger partial charge >= 0.3 is 0 Å². The van der Waals surface area contributed by atoms with E-state index in [4.69, 9.17) is 5.10 Å². The van der Waals surface area contributed by atoms with Crippen LogP contribution in [0.5, 0.6) is 0 Å². The monoisotopic (exact) mass is 368 g/mol. The molecule has 1 aliphatic carbocycles.